The van der Waals surface area contributed by atoms with Crippen molar-refractivity contribution in [2.45, 2.75) is 6.92 Å². The fourth-order valence-electron chi connectivity index (χ4n) is 2.92. The normalized spacial score (nSPS) is 15.1. The molecule has 0 aliphatic carbocycles. The third-order valence-corrected chi connectivity index (χ3v) is 4.25. The Morgan fingerprint density at radius 1 is 1.21 bits per heavy atom. The lowest BCUT2D eigenvalue weighted by molar-refractivity contribution is 0.101. The number of aromatic nitrogens is 1. The number of phenolic OH excluding ortho intramolecular Hbond substituents is 2. The average Bonchev–Trinajstić information content (AvgIpc) is 2.98. The highest BCUT2D eigenvalue weighted by atomic mass is 35.5. The van der Waals surface area contributed by atoms with E-state index in [1.54, 1.807) is 12.1 Å². The zero-order valence-corrected chi connectivity index (χ0v) is 13.3. The van der Waals surface area contributed by atoms with Gasteiger partial charge in [-0.25, -0.2) is 0 Å². The molecule has 0 fully saturated rings. The van der Waals surface area contributed by atoms with E-state index < -0.39 is 5.78 Å². The van der Waals surface area contributed by atoms with Gasteiger partial charge in [0.25, 0.3) is 0 Å². The quantitative estimate of drug-likeness (QED) is 0.580. The summed E-state index contributed by atoms with van der Waals surface area (Å²) in [5.74, 6) is -0.695. The van der Waals surface area contributed by atoms with E-state index in [-0.39, 0.29) is 28.6 Å². The summed E-state index contributed by atoms with van der Waals surface area (Å²) in [7, 11) is 0. The maximum atomic E-state index is 12.5. The van der Waals surface area contributed by atoms with Crippen molar-refractivity contribution < 1.29 is 19.7 Å². The van der Waals surface area contributed by atoms with Crippen molar-refractivity contribution in [3.05, 3.63) is 57.9 Å². The van der Waals surface area contributed by atoms with E-state index in [1.807, 2.05) is 19.1 Å². The fraction of sp³-hybridized carbons (Fsp3) is 0.0556. The molecular weight excluding hydrogens is 330 g/mol. The number of nitrogens with one attached hydrogen (secondary N) is 1. The first kappa shape index (κ1) is 14.7. The number of allylic oxidation sites excluding steroid dienone is 1. The predicted octanol–water partition coefficient (Wildman–Crippen LogP) is 4.16. The molecule has 120 valence electrons. The van der Waals surface area contributed by atoms with Gasteiger partial charge in [-0.1, -0.05) is 11.6 Å². The molecule has 0 saturated heterocycles. The van der Waals surface area contributed by atoms with Crippen LogP contribution in [0.3, 0.4) is 0 Å². The van der Waals surface area contributed by atoms with Crippen molar-refractivity contribution >= 4 is 34.4 Å². The highest BCUT2D eigenvalue weighted by molar-refractivity contribution is 6.31. The van der Waals surface area contributed by atoms with Crippen LogP contribution in [0, 0.1) is 6.92 Å². The number of ether oxygens (including phenoxy) is 1. The van der Waals surface area contributed by atoms with Crippen LogP contribution < -0.4 is 4.74 Å². The standard InChI is InChI=1S/C18H12ClNO4/c1-8-11(12-4-9(19)2-3-13(12)20-8)7-16-18(23)17-14(22)5-10(21)6-15(17)24-16/h2-7,20-22H,1H3/b16-7+. The van der Waals surface area contributed by atoms with Crippen molar-refractivity contribution in [3.8, 4) is 17.2 Å². The summed E-state index contributed by atoms with van der Waals surface area (Å²) < 4.78 is 5.53. The zero-order valence-electron chi connectivity index (χ0n) is 12.6. The molecule has 1 aliphatic heterocycles. The molecule has 2 heterocycles. The summed E-state index contributed by atoms with van der Waals surface area (Å²) in [6.07, 6.45) is 1.61. The second kappa shape index (κ2) is 5.04. The minimum absolute atomic E-state index is 0.0505. The van der Waals surface area contributed by atoms with Gasteiger partial charge < -0.3 is 19.9 Å². The first-order valence-electron chi connectivity index (χ1n) is 7.22. The van der Waals surface area contributed by atoms with Gasteiger partial charge in [0.15, 0.2) is 5.76 Å². The van der Waals surface area contributed by atoms with Gasteiger partial charge in [0.1, 0.15) is 22.8 Å². The SMILES string of the molecule is Cc1[nH]c2ccc(Cl)cc2c1/C=C1/Oc2cc(O)cc(O)c2C1=O. The van der Waals surface area contributed by atoms with Crippen LogP contribution in [0.25, 0.3) is 17.0 Å². The number of benzene rings is 2. The molecule has 1 aliphatic rings. The number of rotatable bonds is 1. The van der Waals surface area contributed by atoms with Crippen LogP contribution in [0.5, 0.6) is 17.2 Å². The van der Waals surface area contributed by atoms with Gasteiger partial charge in [-0.3, -0.25) is 4.79 Å². The van der Waals surface area contributed by atoms with E-state index in [9.17, 15) is 15.0 Å². The Hall–Kier alpha value is -2.92. The van der Waals surface area contributed by atoms with Crippen molar-refractivity contribution in [1.29, 1.82) is 0 Å². The molecule has 0 unspecified atom stereocenters. The third kappa shape index (κ3) is 2.13. The van der Waals surface area contributed by atoms with Gasteiger partial charge >= 0.3 is 0 Å². The topological polar surface area (TPSA) is 82.6 Å². The van der Waals surface area contributed by atoms with Crippen molar-refractivity contribution in [2.24, 2.45) is 0 Å². The highest BCUT2D eigenvalue weighted by Gasteiger charge is 2.31. The summed E-state index contributed by atoms with van der Waals surface area (Å²) in [6.45, 7) is 1.89. The predicted molar refractivity (Wildman–Crippen MR) is 90.8 cm³/mol. The maximum Gasteiger partial charge on any atom is 0.235 e. The Labute approximate surface area is 141 Å². The Morgan fingerprint density at radius 3 is 2.79 bits per heavy atom. The summed E-state index contributed by atoms with van der Waals surface area (Å²) in [5, 5.41) is 20.9. The molecule has 24 heavy (non-hydrogen) atoms. The number of halogens is 1. The summed E-state index contributed by atoms with van der Waals surface area (Å²) in [5.41, 5.74) is 2.59. The van der Waals surface area contributed by atoms with Crippen molar-refractivity contribution in [3.63, 3.8) is 0 Å². The van der Waals surface area contributed by atoms with E-state index in [4.69, 9.17) is 16.3 Å². The Bertz CT molecular complexity index is 1050. The molecule has 0 bridgehead atoms. The number of carbonyl (C=O) groups excluding carboxylic acids is 1. The number of phenols is 2. The van der Waals surface area contributed by atoms with Crippen LogP contribution in [-0.2, 0) is 0 Å². The van der Waals surface area contributed by atoms with E-state index in [2.05, 4.69) is 4.98 Å². The van der Waals surface area contributed by atoms with Crippen LogP contribution in [0.2, 0.25) is 5.02 Å². The van der Waals surface area contributed by atoms with Gasteiger partial charge in [0, 0.05) is 39.3 Å². The molecule has 3 aromatic rings. The van der Waals surface area contributed by atoms with Crippen molar-refractivity contribution in [2.75, 3.05) is 0 Å². The minimum atomic E-state index is -0.432. The molecule has 0 amide bonds. The highest BCUT2D eigenvalue weighted by Crippen LogP contribution is 2.41. The van der Waals surface area contributed by atoms with Gasteiger partial charge in [-0.05, 0) is 31.2 Å². The minimum Gasteiger partial charge on any atom is -0.508 e. The molecule has 0 radical (unpaired) electrons. The van der Waals surface area contributed by atoms with Crippen LogP contribution in [-0.4, -0.2) is 21.0 Å². The third-order valence-electron chi connectivity index (χ3n) is 4.01. The number of carbonyl (C=O) groups is 1. The Kier molecular flexibility index (Phi) is 3.08. The first-order chi connectivity index (χ1) is 11.4. The lowest BCUT2D eigenvalue weighted by Crippen LogP contribution is -1.98. The maximum absolute atomic E-state index is 12.5. The largest absolute Gasteiger partial charge is 0.508 e. The fourth-order valence-corrected chi connectivity index (χ4v) is 3.09. The number of fused-ring (bicyclic) bond motifs is 2. The molecular formula is C18H12ClNO4. The zero-order chi connectivity index (χ0) is 17.0. The van der Waals surface area contributed by atoms with Crippen molar-refractivity contribution in [1.82, 2.24) is 4.98 Å². The van der Waals surface area contributed by atoms with Crippen LogP contribution in [0.15, 0.2) is 36.1 Å². The first-order valence-corrected chi connectivity index (χ1v) is 7.60. The Morgan fingerprint density at radius 2 is 2.00 bits per heavy atom. The molecule has 0 spiro atoms. The van der Waals surface area contributed by atoms with Crippen LogP contribution in [0.1, 0.15) is 21.6 Å². The molecule has 0 saturated carbocycles. The number of aryl methyl sites for hydroxylation is 1. The van der Waals surface area contributed by atoms with Gasteiger partial charge in [-0.2, -0.15) is 0 Å². The van der Waals surface area contributed by atoms with Crippen LogP contribution in [0.4, 0.5) is 0 Å². The molecule has 2 aromatic carbocycles. The molecule has 4 rings (SSSR count). The monoisotopic (exact) mass is 341 g/mol. The molecule has 5 nitrogen and oxygen atoms in total. The van der Waals surface area contributed by atoms with Gasteiger partial charge in [0.05, 0.1) is 0 Å². The number of ketones is 1. The summed E-state index contributed by atoms with van der Waals surface area (Å²) in [4.78, 5) is 15.7. The van der Waals surface area contributed by atoms with E-state index in [1.165, 1.54) is 6.07 Å². The molecule has 6 heteroatoms. The lowest BCUT2D eigenvalue weighted by Gasteiger charge is -2.00. The van der Waals surface area contributed by atoms with E-state index in [0.29, 0.717) is 5.02 Å². The second-order valence-electron chi connectivity index (χ2n) is 5.63. The number of hydrogen-bond donors (Lipinski definition) is 3. The number of aromatic hydroxyl groups is 2. The van der Waals surface area contributed by atoms with Gasteiger partial charge in [0.2, 0.25) is 5.78 Å². The van der Waals surface area contributed by atoms with Crippen LogP contribution >= 0.6 is 11.6 Å². The summed E-state index contributed by atoms with van der Waals surface area (Å²) in [6, 6.07) is 7.86. The number of aromatic amines is 1. The number of Topliss-reactive ketones (excluding diaryl/α,β-unsaturated/α-hetero) is 1. The second-order valence-corrected chi connectivity index (χ2v) is 6.07. The number of hydrogen-bond acceptors (Lipinski definition) is 4. The smallest absolute Gasteiger partial charge is 0.235 e. The average molecular weight is 342 g/mol. The molecule has 3 N–H and O–H groups in total. The molecule has 0 atom stereocenters. The van der Waals surface area contributed by atoms with E-state index in [0.717, 1.165) is 28.2 Å². The number of H-pyrrole nitrogens is 1. The lowest BCUT2D eigenvalue weighted by atomic mass is 10.1. The Balaban J connectivity index is 1.86. The molecule has 1 aromatic heterocycles. The van der Waals surface area contributed by atoms with E-state index >= 15 is 0 Å². The van der Waals surface area contributed by atoms with Gasteiger partial charge in [-0.15, -0.1) is 0 Å². The summed E-state index contributed by atoms with van der Waals surface area (Å²) >= 11 is 6.06.